The summed E-state index contributed by atoms with van der Waals surface area (Å²) in [5.74, 6) is -1.84. The molecule has 0 aromatic heterocycles. The molecule has 0 amide bonds. The summed E-state index contributed by atoms with van der Waals surface area (Å²) in [6, 6.07) is 0. The maximum Gasteiger partial charge on any atom is 0.433 e. The smallest absolute Gasteiger partial charge is 0.399 e. The summed E-state index contributed by atoms with van der Waals surface area (Å²) in [5, 5.41) is 0. The van der Waals surface area contributed by atoms with Crippen molar-refractivity contribution in [2.24, 2.45) is 0 Å². The Hall–Kier alpha value is -0.500. The Morgan fingerprint density at radius 3 is 1.62 bits per heavy atom. The third-order valence-corrected chi connectivity index (χ3v) is 5.89. The van der Waals surface area contributed by atoms with Crippen LogP contribution < -0.4 is 0 Å². The van der Waals surface area contributed by atoms with Crippen LogP contribution >= 0.6 is 7.60 Å². The lowest BCUT2D eigenvalue weighted by atomic mass is 10.0. The van der Waals surface area contributed by atoms with Gasteiger partial charge in [-0.25, -0.2) is 9.36 Å². The Labute approximate surface area is 194 Å². The Morgan fingerprint density at radius 2 is 1.19 bits per heavy atom. The summed E-state index contributed by atoms with van der Waals surface area (Å²) in [7, 11) is -3.77. The first kappa shape index (κ1) is 31.5. The van der Waals surface area contributed by atoms with Gasteiger partial charge < -0.3 is 28.7 Å². The van der Waals surface area contributed by atoms with Crippen molar-refractivity contribution in [3.05, 3.63) is 0 Å². The first-order valence-electron chi connectivity index (χ1n) is 12.3. The fraction of sp³-hybridized carbons (Fsp3) is 0.957. The van der Waals surface area contributed by atoms with E-state index in [-0.39, 0.29) is 6.61 Å². The maximum absolute atomic E-state index is 11.3. The van der Waals surface area contributed by atoms with Crippen LogP contribution in [0.25, 0.3) is 0 Å². The summed E-state index contributed by atoms with van der Waals surface area (Å²) < 4.78 is 31.2. The Bertz CT molecular complexity index is 496. The molecule has 0 aromatic rings. The van der Waals surface area contributed by atoms with Crippen molar-refractivity contribution >= 4 is 13.3 Å². The van der Waals surface area contributed by atoms with E-state index in [4.69, 9.17) is 24.0 Å². The number of carbonyl (C=O) groups excluding carboxylic acids is 1. The van der Waals surface area contributed by atoms with E-state index in [1.54, 1.807) is 0 Å². The normalized spacial score (nSPS) is 13.8. The van der Waals surface area contributed by atoms with Crippen LogP contribution in [-0.2, 0) is 23.5 Å². The SMILES string of the molecule is CCCCCCCCCCCCCCCCOCCCOC(C)(OC)OC(=O)P(=O)(O)O. The summed E-state index contributed by atoms with van der Waals surface area (Å²) in [6.07, 6.45) is 19.1. The van der Waals surface area contributed by atoms with Crippen LogP contribution in [0.3, 0.4) is 0 Å². The minimum Gasteiger partial charge on any atom is -0.399 e. The molecule has 0 fully saturated rings. The number of methoxy groups -OCH3 is 1. The second-order valence-corrected chi connectivity index (χ2v) is 9.84. The van der Waals surface area contributed by atoms with Crippen molar-refractivity contribution in [3.63, 3.8) is 0 Å². The number of carbonyl (C=O) groups is 1. The largest absolute Gasteiger partial charge is 0.433 e. The minimum atomic E-state index is -4.99. The maximum atomic E-state index is 11.3. The van der Waals surface area contributed by atoms with Gasteiger partial charge in [-0.3, -0.25) is 0 Å². The lowest BCUT2D eigenvalue weighted by Crippen LogP contribution is -2.37. The van der Waals surface area contributed by atoms with Gasteiger partial charge in [0.2, 0.25) is 0 Å². The number of hydrogen-bond acceptors (Lipinski definition) is 6. The molecule has 9 heteroatoms. The van der Waals surface area contributed by atoms with Crippen LogP contribution in [0.2, 0.25) is 0 Å². The van der Waals surface area contributed by atoms with Gasteiger partial charge in [-0.15, -0.1) is 0 Å². The molecule has 0 aliphatic heterocycles. The van der Waals surface area contributed by atoms with E-state index in [2.05, 4.69) is 11.7 Å². The quantitative estimate of drug-likeness (QED) is 0.0961. The van der Waals surface area contributed by atoms with Gasteiger partial charge in [0.1, 0.15) is 0 Å². The first-order valence-corrected chi connectivity index (χ1v) is 13.9. The number of rotatable bonds is 23. The highest BCUT2D eigenvalue weighted by Crippen LogP contribution is 2.39. The molecular formula is C23H47O8P. The van der Waals surface area contributed by atoms with E-state index in [1.807, 2.05) is 0 Å². The molecule has 0 radical (unpaired) electrons. The monoisotopic (exact) mass is 482 g/mol. The van der Waals surface area contributed by atoms with Crippen LogP contribution in [0.5, 0.6) is 0 Å². The summed E-state index contributed by atoms with van der Waals surface area (Å²) >= 11 is 0. The fourth-order valence-corrected chi connectivity index (χ4v) is 3.55. The predicted molar refractivity (Wildman–Crippen MR) is 126 cm³/mol. The average molecular weight is 483 g/mol. The van der Waals surface area contributed by atoms with Crippen LogP contribution in [0, 0.1) is 0 Å². The topological polar surface area (TPSA) is 112 Å². The summed E-state index contributed by atoms with van der Waals surface area (Å²) in [4.78, 5) is 28.8. The molecule has 2 N–H and O–H groups in total. The van der Waals surface area contributed by atoms with E-state index >= 15 is 0 Å². The van der Waals surface area contributed by atoms with Crippen LogP contribution in [0.15, 0.2) is 0 Å². The fourth-order valence-electron chi connectivity index (χ4n) is 3.27. The van der Waals surface area contributed by atoms with E-state index in [9.17, 15) is 9.36 Å². The molecule has 192 valence electrons. The van der Waals surface area contributed by atoms with Gasteiger partial charge in [-0.1, -0.05) is 90.4 Å². The van der Waals surface area contributed by atoms with Gasteiger partial charge >= 0.3 is 19.3 Å². The van der Waals surface area contributed by atoms with Gasteiger partial charge in [0.25, 0.3) is 0 Å². The van der Waals surface area contributed by atoms with Crippen LogP contribution in [0.1, 0.15) is 110 Å². The number of hydrogen-bond donors (Lipinski definition) is 2. The van der Waals surface area contributed by atoms with E-state index in [0.717, 1.165) is 6.42 Å². The summed E-state index contributed by atoms with van der Waals surface area (Å²) in [6.45, 7) is 4.89. The predicted octanol–water partition coefficient (Wildman–Crippen LogP) is 6.53. The average Bonchev–Trinajstić information content (AvgIpc) is 2.74. The highest BCUT2D eigenvalue weighted by atomic mass is 31.2. The van der Waals surface area contributed by atoms with Crippen LogP contribution in [0.4, 0.5) is 4.79 Å². The molecule has 0 aromatic carbocycles. The van der Waals surface area contributed by atoms with Crippen molar-refractivity contribution in [1.82, 2.24) is 0 Å². The van der Waals surface area contributed by atoms with E-state index in [1.165, 1.54) is 97.5 Å². The molecule has 1 unspecified atom stereocenters. The lowest BCUT2D eigenvalue weighted by Gasteiger charge is -2.27. The summed E-state index contributed by atoms with van der Waals surface area (Å²) in [5.41, 5.74) is -1.68. The van der Waals surface area contributed by atoms with Crippen molar-refractivity contribution < 1.29 is 38.1 Å². The molecule has 0 rings (SSSR count). The zero-order valence-electron chi connectivity index (χ0n) is 20.5. The van der Waals surface area contributed by atoms with E-state index in [0.29, 0.717) is 19.6 Å². The third-order valence-electron chi connectivity index (χ3n) is 5.32. The van der Waals surface area contributed by atoms with Crippen molar-refractivity contribution in [2.75, 3.05) is 26.9 Å². The molecule has 1 atom stereocenters. The molecule has 0 spiro atoms. The van der Waals surface area contributed by atoms with Gasteiger partial charge in [0.05, 0.1) is 6.61 Å². The van der Waals surface area contributed by atoms with Crippen molar-refractivity contribution in [3.8, 4) is 0 Å². The third kappa shape index (κ3) is 19.0. The van der Waals surface area contributed by atoms with Gasteiger partial charge in [0.15, 0.2) is 0 Å². The molecule has 0 aliphatic carbocycles. The van der Waals surface area contributed by atoms with Gasteiger partial charge in [-0.05, 0) is 12.8 Å². The molecular weight excluding hydrogens is 435 g/mol. The molecule has 0 saturated carbocycles. The zero-order valence-corrected chi connectivity index (χ0v) is 21.4. The standard InChI is InChI=1S/C23H47O8P/c1-4-5-6-7-8-9-10-11-12-13-14-15-16-17-19-29-20-18-21-30-23(2,28-3)31-22(24)32(25,26)27/h4-21H2,1-3H3,(H2,25,26,27). The minimum absolute atomic E-state index is 0.164. The van der Waals surface area contributed by atoms with E-state index < -0.39 is 19.3 Å². The Morgan fingerprint density at radius 1 is 0.750 bits per heavy atom. The number of unbranched alkanes of at least 4 members (excludes halogenated alkanes) is 13. The molecule has 0 heterocycles. The van der Waals surface area contributed by atoms with Gasteiger partial charge in [0, 0.05) is 27.2 Å². The van der Waals surface area contributed by atoms with Gasteiger partial charge in [-0.2, -0.15) is 0 Å². The molecule has 0 aliphatic rings. The van der Waals surface area contributed by atoms with Crippen molar-refractivity contribution in [2.45, 2.75) is 116 Å². The molecule has 0 saturated heterocycles. The Balaban J connectivity index is 3.43. The highest BCUT2D eigenvalue weighted by Gasteiger charge is 2.38. The molecule has 32 heavy (non-hydrogen) atoms. The molecule has 8 nitrogen and oxygen atoms in total. The Kier molecular flexibility index (Phi) is 19.6. The zero-order chi connectivity index (χ0) is 24.1. The van der Waals surface area contributed by atoms with Crippen molar-refractivity contribution in [1.29, 1.82) is 0 Å². The number of ether oxygens (including phenoxy) is 4. The lowest BCUT2D eigenvalue weighted by molar-refractivity contribution is -0.331. The second kappa shape index (κ2) is 19.9. The highest BCUT2D eigenvalue weighted by molar-refractivity contribution is 7.69. The molecule has 0 bridgehead atoms. The van der Waals surface area contributed by atoms with Crippen LogP contribution in [-0.4, -0.2) is 48.4 Å². The first-order chi connectivity index (χ1) is 15.2. The second-order valence-electron chi connectivity index (χ2n) is 8.39.